The molecule has 2 aromatic rings. The van der Waals surface area contributed by atoms with Gasteiger partial charge in [-0.25, -0.2) is 4.39 Å². The molecule has 0 saturated heterocycles. The number of halogens is 2. The molecule has 104 valence electrons. The topological polar surface area (TPSA) is 12.0 Å². The van der Waals surface area contributed by atoms with E-state index in [-0.39, 0.29) is 11.9 Å². The van der Waals surface area contributed by atoms with Gasteiger partial charge in [0.2, 0.25) is 0 Å². The second-order valence-electron chi connectivity index (χ2n) is 5.37. The molecule has 20 heavy (non-hydrogen) atoms. The Hall–Kier alpha value is -1.19. The van der Waals surface area contributed by atoms with Crippen LogP contribution in [-0.2, 0) is 12.8 Å². The fraction of sp³-hybridized carbons (Fsp3) is 0.294. The molecule has 0 bridgehead atoms. The molecule has 1 atom stereocenters. The average molecular weight is 334 g/mol. The molecule has 3 rings (SSSR count). The van der Waals surface area contributed by atoms with Crippen molar-refractivity contribution in [1.82, 2.24) is 5.32 Å². The summed E-state index contributed by atoms with van der Waals surface area (Å²) >= 11 is 3.44. The van der Waals surface area contributed by atoms with E-state index >= 15 is 0 Å². The van der Waals surface area contributed by atoms with E-state index in [1.54, 1.807) is 6.07 Å². The lowest BCUT2D eigenvalue weighted by Gasteiger charge is -2.24. The highest BCUT2D eigenvalue weighted by molar-refractivity contribution is 9.10. The molecule has 3 heteroatoms. The van der Waals surface area contributed by atoms with E-state index in [4.69, 9.17) is 0 Å². The summed E-state index contributed by atoms with van der Waals surface area (Å²) in [7, 11) is 1.91. The molecule has 0 saturated carbocycles. The molecule has 2 aromatic carbocycles. The van der Waals surface area contributed by atoms with Crippen LogP contribution >= 0.6 is 15.9 Å². The molecule has 0 spiro atoms. The number of hydrogen-bond donors (Lipinski definition) is 1. The highest BCUT2D eigenvalue weighted by Gasteiger charge is 2.30. The maximum atomic E-state index is 14.1. The fourth-order valence-corrected chi connectivity index (χ4v) is 3.61. The van der Waals surface area contributed by atoms with E-state index in [9.17, 15) is 4.39 Å². The van der Waals surface area contributed by atoms with Gasteiger partial charge >= 0.3 is 0 Å². The summed E-state index contributed by atoms with van der Waals surface area (Å²) in [5, 5.41) is 3.30. The molecule has 1 aliphatic carbocycles. The van der Waals surface area contributed by atoms with Crippen molar-refractivity contribution < 1.29 is 4.39 Å². The largest absolute Gasteiger partial charge is 0.313 e. The molecule has 0 fully saturated rings. The fourth-order valence-electron chi connectivity index (χ4n) is 3.23. The first-order valence-electron chi connectivity index (χ1n) is 6.88. The third-order valence-corrected chi connectivity index (χ3v) is 4.65. The number of hydrogen-bond acceptors (Lipinski definition) is 1. The molecular formula is C17H17BrFN. The van der Waals surface area contributed by atoms with Crippen LogP contribution in [0.4, 0.5) is 4.39 Å². The summed E-state index contributed by atoms with van der Waals surface area (Å²) in [6.45, 7) is 0. The average Bonchev–Trinajstić information content (AvgIpc) is 2.87. The van der Waals surface area contributed by atoms with Gasteiger partial charge in [-0.1, -0.05) is 40.2 Å². The molecular weight excluding hydrogens is 317 g/mol. The quantitative estimate of drug-likeness (QED) is 0.884. The number of benzene rings is 2. The smallest absolute Gasteiger partial charge is 0.128 e. The summed E-state index contributed by atoms with van der Waals surface area (Å²) in [6, 6.07) is 13.7. The molecule has 1 aliphatic rings. The van der Waals surface area contributed by atoms with Crippen molar-refractivity contribution in [1.29, 1.82) is 0 Å². The van der Waals surface area contributed by atoms with Crippen LogP contribution in [0.1, 0.15) is 22.7 Å². The Morgan fingerprint density at radius 1 is 1.15 bits per heavy atom. The maximum absolute atomic E-state index is 14.1. The Kier molecular flexibility index (Phi) is 3.90. The Balaban J connectivity index is 1.91. The van der Waals surface area contributed by atoms with Crippen LogP contribution in [0.15, 0.2) is 46.9 Å². The third-order valence-electron chi connectivity index (χ3n) is 4.16. The van der Waals surface area contributed by atoms with E-state index < -0.39 is 0 Å². The number of rotatable bonds is 3. The van der Waals surface area contributed by atoms with E-state index in [1.165, 1.54) is 17.2 Å². The van der Waals surface area contributed by atoms with Crippen LogP contribution in [0.2, 0.25) is 0 Å². The van der Waals surface area contributed by atoms with Crippen molar-refractivity contribution in [2.75, 3.05) is 7.05 Å². The van der Waals surface area contributed by atoms with E-state index in [2.05, 4.69) is 45.5 Å². The van der Waals surface area contributed by atoms with Crippen LogP contribution in [0.3, 0.4) is 0 Å². The molecule has 0 aliphatic heterocycles. The van der Waals surface area contributed by atoms with Crippen LogP contribution in [0.25, 0.3) is 0 Å². The van der Waals surface area contributed by atoms with Gasteiger partial charge in [0.25, 0.3) is 0 Å². The molecule has 1 unspecified atom stereocenters. The van der Waals surface area contributed by atoms with Gasteiger partial charge in [-0.2, -0.15) is 0 Å². The van der Waals surface area contributed by atoms with Crippen LogP contribution in [0, 0.1) is 11.7 Å². The normalized spacial score (nSPS) is 16.1. The minimum Gasteiger partial charge on any atom is -0.313 e. The number of nitrogens with one attached hydrogen (secondary N) is 1. The second kappa shape index (κ2) is 5.66. The molecule has 0 amide bonds. The lowest BCUT2D eigenvalue weighted by atomic mass is 9.90. The van der Waals surface area contributed by atoms with Gasteiger partial charge < -0.3 is 5.32 Å². The zero-order valence-corrected chi connectivity index (χ0v) is 13.0. The Morgan fingerprint density at radius 3 is 2.40 bits per heavy atom. The van der Waals surface area contributed by atoms with Gasteiger partial charge in [0.1, 0.15) is 5.82 Å². The summed E-state index contributed by atoms with van der Waals surface area (Å²) in [6.07, 6.45) is 2.02. The van der Waals surface area contributed by atoms with Gasteiger partial charge in [0, 0.05) is 16.1 Å². The first-order chi connectivity index (χ1) is 9.69. The molecule has 1 N–H and O–H groups in total. The summed E-state index contributed by atoms with van der Waals surface area (Å²) in [5.74, 6) is 0.268. The zero-order chi connectivity index (χ0) is 14.1. The third kappa shape index (κ3) is 2.52. The van der Waals surface area contributed by atoms with Gasteiger partial charge in [-0.05, 0) is 55.1 Å². The van der Waals surface area contributed by atoms with Crippen molar-refractivity contribution in [2.45, 2.75) is 18.9 Å². The Morgan fingerprint density at radius 2 is 1.80 bits per heavy atom. The molecule has 0 radical (unpaired) electrons. The zero-order valence-electron chi connectivity index (χ0n) is 11.4. The summed E-state index contributed by atoms with van der Waals surface area (Å²) < 4.78 is 15.0. The van der Waals surface area contributed by atoms with Gasteiger partial charge in [-0.3, -0.25) is 0 Å². The SMILES string of the molecule is CNC(c1cc(Br)ccc1F)C1Cc2ccccc2C1. The standard InChI is InChI=1S/C17H17BrFN/c1-20-17(15-10-14(18)6-7-16(15)19)13-8-11-4-2-3-5-12(11)9-13/h2-7,10,13,17,20H,8-9H2,1H3. The van der Waals surface area contributed by atoms with Crippen molar-refractivity contribution in [3.8, 4) is 0 Å². The molecule has 0 aromatic heterocycles. The first-order valence-corrected chi connectivity index (χ1v) is 7.67. The second-order valence-corrected chi connectivity index (χ2v) is 6.28. The summed E-state index contributed by atoms with van der Waals surface area (Å²) in [4.78, 5) is 0. The predicted molar refractivity (Wildman–Crippen MR) is 83.2 cm³/mol. The highest BCUT2D eigenvalue weighted by Crippen LogP contribution is 2.36. The van der Waals surface area contributed by atoms with Crippen molar-refractivity contribution >= 4 is 15.9 Å². The minimum absolute atomic E-state index is 0.0416. The van der Waals surface area contributed by atoms with Crippen molar-refractivity contribution in [3.05, 3.63) is 69.4 Å². The Labute approximate surface area is 127 Å². The highest BCUT2D eigenvalue weighted by atomic mass is 79.9. The van der Waals surface area contributed by atoms with Crippen LogP contribution in [-0.4, -0.2) is 7.05 Å². The lowest BCUT2D eigenvalue weighted by molar-refractivity contribution is 0.384. The Bertz CT molecular complexity index is 601. The number of fused-ring (bicyclic) bond motifs is 1. The van der Waals surface area contributed by atoms with Gasteiger partial charge in [0.05, 0.1) is 0 Å². The molecule has 1 nitrogen and oxygen atoms in total. The molecule has 0 heterocycles. The summed E-state index contributed by atoms with van der Waals surface area (Å²) in [5.41, 5.74) is 3.54. The van der Waals surface area contributed by atoms with E-state index in [1.807, 2.05) is 13.1 Å². The maximum Gasteiger partial charge on any atom is 0.128 e. The van der Waals surface area contributed by atoms with Crippen molar-refractivity contribution in [2.24, 2.45) is 5.92 Å². The van der Waals surface area contributed by atoms with Crippen LogP contribution < -0.4 is 5.32 Å². The first kappa shape index (κ1) is 13.8. The predicted octanol–water partition coefficient (Wildman–Crippen LogP) is 4.26. The monoisotopic (exact) mass is 333 g/mol. The minimum atomic E-state index is -0.136. The van der Waals surface area contributed by atoms with Gasteiger partial charge in [-0.15, -0.1) is 0 Å². The van der Waals surface area contributed by atoms with Crippen LogP contribution in [0.5, 0.6) is 0 Å². The van der Waals surface area contributed by atoms with Crippen molar-refractivity contribution in [3.63, 3.8) is 0 Å². The van der Waals surface area contributed by atoms with E-state index in [0.29, 0.717) is 5.92 Å². The lowest BCUT2D eigenvalue weighted by Crippen LogP contribution is -2.26. The van der Waals surface area contributed by atoms with Gasteiger partial charge in [0.15, 0.2) is 0 Å². The van der Waals surface area contributed by atoms with E-state index in [0.717, 1.165) is 22.9 Å².